The molecular formula is C15H19ClN2O3. The van der Waals surface area contributed by atoms with Crippen LogP contribution in [0.15, 0.2) is 24.3 Å². The largest absolute Gasteiger partial charge is 0.388 e. The summed E-state index contributed by atoms with van der Waals surface area (Å²) in [6.07, 6.45) is 3.22. The number of hydrogen-bond donors (Lipinski definition) is 3. The molecule has 1 aromatic rings. The average Bonchev–Trinajstić information content (AvgIpc) is 2.91. The Morgan fingerprint density at radius 3 is 2.43 bits per heavy atom. The molecule has 0 bridgehead atoms. The van der Waals surface area contributed by atoms with Gasteiger partial charge in [-0.3, -0.25) is 9.59 Å². The molecule has 2 rings (SSSR count). The number of rotatable bonds is 4. The minimum absolute atomic E-state index is 0.116. The number of hydrogen-bond acceptors (Lipinski definition) is 3. The molecule has 1 aromatic carbocycles. The highest BCUT2D eigenvalue weighted by Crippen LogP contribution is 2.28. The van der Waals surface area contributed by atoms with Crippen molar-refractivity contribution in [3.05, 3.63) is 34.9 Å². The van der Waals surface area contributed by atoms with E-state index >= 15 is 0 Å². The Morgan fingerprint density at radius 1 is 1.14 bits per heavy atom. The molecule has 2 amide bonds. The van der Waals surface area contributed by atoms with E-state index in [-0.39, 0.29) is 13.1 Å². The van der Waals surface area contributed by atoms with Gasteiger partial charge < -0.3 is 15.7 Å². The molecule has 114 valence electrons. The second-order valence-electron chi connectivity index (χ2n) is 5.39. The molecule has 0 aliphatic heterocycles. The number of halogens is 1. The number of carbonyl (C=O) groups is 2. The summed E-state index contributed by atoms with van der Waals surface area (Å²) in [6, 6.07) is 7.10. The van der Waals surface area contributed by atoms with Crippen molar-refractivity contribution in [1.82, 2.24) is 10.6 Å². The number of carbonyl (C=O) groups excluding carboxylic acids is 2. The van der Waals surface area contributed by atoms with E-state index < -0.39 is 17.4 Å². The van der Waals surface area contributed by atoms with Gasteiger partial charge in [0.05, 0.1) is 5.60 Å². The van der Waals surface area contributed by atoms with Crippen LogP contribution in [-0.4, -0.2) is 29.1 Å². The maximum atomic E-state index is 11.7. The Bertz CT molecular complexity index is 527. The molecule has 1 fully saturated rings. The lowest BCUT2D eigenvalue weighted by Crippen LogP contribution is -2.46. The van der Waals surface area contributed by atoms with Gasteiger partial charge in [-0.15, -0.1) is 0 Å². The van der Waals surface area contributed by atoms with Crippen LogP contribution in [0.2, 0.25) is 5.02 Å². The summed E-state index contributed by atoms with van der Waals surface area (Å²) in [5.74, 6) is -1.46. The standard InChI is InChI=1S/C15H19ClN2O3/c16-12-6-2-1-5-11(12)9-17-13(19)14(20)18-10-15(21)7-3-4-8-15/h1-2,5-6,21H,3-4,7-10H2,(H,17,19)(H,18,20). The van der Waals surface area contributed by atoms with Crippen LogP contribution in [0.5, 0.6) is 0 Å². The van der Waals surface area contributed by atoms with Crippen molar-refractivity contribution < 1.29 is 14.7 Å². The molecule has 1 saturated carbocycles. The number of amides is 2. The normalized spacial score (nSPS) is 16.5. The van der Waals surface area contributed by atoms with Gasteiger partial charge in [0.25, 0.3) is 0 Å². The van der Waals surface area contributed by atoms with E-state index in [0.717, 1.165) is 18.4 Å². The zero-order chi connectivity index (χ0) is 15.3. The molecule has 6 heteroatoms. The second-order valence-corrected chi connectivity index (χ2v) is 5.80. The summed E-state index contributed by atoms with van der Waals surface area (Å²) < 4.78 is 0. The predicted molar refractivity (Wildman–Crippen MR) is 79.7 cm³/mol. The van der Waals surface area contributed by atoms with Crippen LogP contribution in [0.3, 0.4) is 0 Å². The fourth-order valence-corrected chi connectivity index (χ4v) is 2.64. The van der Waals surface area contributed by atoms with Crippen molar-refractivity contribution in [3.63, 3.8) is 0 Å². The lowest BCUT2D eigenvalue weighted by Gasteiger charge is -2.22. The fraction of sp³-hybridized carbons (Fsp3) is 0.467. The van der Waals surface area contributed by atoms with Crippen molar-refractivity contribution in [2.24, 2.45) is 0 Å². The van der Waals surface area contributed by atoms with Crippen molar-refractivity contribution in [2.45, 2.75) is 37.8 Å². The van der Waals surface area contributed by atoms with Crippen molar-refractivity contribution in [1.29, 1.82) is 0 Å². The first kappa shape index (κ1) is 15.8. The van der Waals surface area contributed by atoms with Crippen LogP contribution in [0, 0.1) is 0 Å². The number of aliphatic hydroxyl groups is 1. The highest BCUT2D eigenvalue weighted by Gasteiger charge is 2.31. The first-order chi connectivity index (χ1) is 10.0. The van der Waals surface area contributed by atoms with Crippen LogP contribution >= 0.6 is 11.6 Å². The monoisotopic (exact) mass is 310 g/mol. The Labute approximate surface area is 128 Å². The zero-order valence-electron chi connectivity index (χ0n) is 11.7. The quantitative estimate of drug-likeness (QED) is 0.735. The summed E-state index contributed by atoms with van der Waals surface area (Å²) in [5.41, 5.74) is -0.117. The molecule has 5 nitrogen and oxygen atoms in total. The predicted octanol–water partition coefficient (Wildman–Crippen LogP) is 1.38. The SMILES string of the molecule is O=C(NCc1ccccc1Cl)C(=O)NCC1(O)CCCC1. The average molecular weight is 311 g/mol. The molecule has 0 atom stereocenters. The molecule has 1 aliphatic carbocycles. The highest BCUT2D eigenvalue weighted by atomic mass is 35.5. The van der Waals surface area contributed by atoms with Gasteiger partial charge >= 0.3 is 11.8 Å². The van der Waals surface area contributed by atoms with Gasteiger partial charge in [-0.2, -0.15) is 0 Å². The smallest absolute Gasteiger partial charge is 0.309 e. The summed E-state index contributed by atoms with van der Waals surface area (Å²) in [7, 11) is 0. The second kappa shape index (κ2) is 6.91. The maximum Gasteiger partial charge on any atom is 0.309 e. The highest BCUT2D eigenvalue weighted by molar-refractivity contribution is 6.35. The first-order valence-corrected chi connectivity index (χ1v) is 7.40. The van der Waals surface area contributed by atoms with E-state index in [9.17, 15) is 14.7 Å². The lowest BCUT2D eigenvalue weighted by atomic mass is 10.0. The Kier molecular flexibility index (Phi) is 5.20. The molecule has 0 saturated heterocycles. The lowest BCUT2D eigenvalue weighted by molar-refractivity contribution is -0.139. The molecular weight excluding hydrogens is 292 g/mol. The third-order valence-electron chi connectivity index (χ3n) is 3.72. The molecule has 0 aromatic heterocycles. The number of nitrogens with one attached hydrogen (secondary N) is 2. The van der Waals surface area contributed by atoms with Gasteiger partial charge in [0.1, 0.15) is 0 Å². The minimum atomic E-state index is -0.862. The third kappa shape index (κ3) is 4.44. The topological polar surface area (TPSA) is 78.4 Å². The van der Waals surface area contributed by atoms with Gasteiger partial charge in [0.15, 0.2) is 0 Å². The first-order valence-electron chi connectivity index (χ1n) is 7.02. The summed E-state index contributed by atoms with van der Waals surface area (Å²) in [6.45, 7) is 0.307. The van der Waals surface area contributed by atoms with Crippen molar-refractivity contribution in [3.8, 4) is 0 Å². The van der Waals surface area contributed by atoms with Crippen molar-refractivity contribution >= 4 is 23.4 Å². The summed E-state index contributed by atoms with van der Waals surface area (Å²) in [4.78, 5) is 23.4. The zero-order valence-corrected chi connectivity index (χ0v) is 12.4. The van der Waals surface area contributed by atoms with Gasteiger partial charge in [-0.05, 0) is 24.5 Å². The van der Waals surface area contributed by atoms with Gasteiger partial charge in [-0.25, -0.2) is 0 Å². The van der Waals surface area contributed by atoms with Gasteiger partial charge in [0, 0.05) is 18.1 Å². The van der Waals surface area contributed by atoms with E-state index in [1.807, 2.05) is 6.07 Å². The third-order valence-corrected chi connectivity index (χ3v) is 4.08. The molecule has 3 N–H and O–H groups in total. The maximum absolute atomic E-state index is 11.7. The van der Waals surface area contributed by atoms with Crippen LogP contribution < -0.4 is 10.6 Å². The Morgan fingerprint density at radius 2 is 1.76 bits per heavy atom. The molecule has 1 aliphatic rings. The van der Waals surface area contributed by atoms with Crippen LogP contribution in [0.25, 0.3) is 0 Å². The van der Waals surface area contributed by atoms with E-state index in [1.165, 1.54) is 0 Å². The molecule has 0 unspecified atom stereocenters. The Hall–Kier alpha value is -1.59. The van der Waals surface area contributed by atoms with Crippen LogP contribution in [-0.2, 0) is 16.1 Å². The van der Waals surface area contributed by atoms with Gasteiger partial charge in [-0.1, -0.05) is 42.6 Å². The summed E-state index contributed by atoms with van der Waals surface area (Å²) in [5, 5.41) is 15.6. The molecule has 0 spiro atoms. The number of benzene rings is 1. The molecule has 0 radical (unpaired) electrons. The van der Waals surface area contributed by atoms with E-state index in [1.54, 1.807) is 18.2 Å². The van der Waals surface area contributed by atoms with Crippen LogP contribution in [0.1, 0.15) is 31.2 Å². The van der Waals surface area contributed by atoms with Crippen molar-refractivity contribution in [2.75, 3.05) is 6.54 Å². The molecule has 21 heavy (non-hydrogen) atoms. The van der Waals surface area contributed by atoms with Gasteiger partial charge in [0.2, 0.25) is 0 Å². The molecule has 0 heterocycles. The Balaban J connectivity index is 1.78. The summed E-state index contributed by atoms with van der Waals surface area (Å²) >= 11 is 5.97. The van der Waals surface area contributed by atoms with E-state index in [0.29, 0.717) is 17.9 Å². The fourth-order valence-electron chi connectivity index (χ4n) is 2.43. The van der Waals surface area contributed by atoms with E-state index in [2.05, 4.69) is 10.6 Å². The van der Waals surface area contributed by atoms with Crippen LogP contribution in [0.4, 0.5) is 0 Å². The minimum Gasteiger partial charge on any atom is -0.388 e. The van der Waals surface area contributed by atoms with E-state index in [4.69, 9.17) is 11.6 Å².